The van der Waals surface area contributed by atoms with Gasteiger partial charge in [0, 0.05) is 11.8 Å². The molecule has 4 nitrogen and oxygen atoms in total. The number of carbonyl (C=O) groups excluding carboxylic acids is 1. The lowest BCUT2D eigenvalue weighted by Gasteiger charge is -2.19. The van der Waals surface area contributed by atoms with Gasteiger partial charge >= 0.3 is 0 Å². The van der Waals surface area contributed by atoms with Crippen LogP contribution in [0.25, 0.3) is 0 Å². The van der Waals surface area contributed by atoms with Crippen molar-refractivity contribution in [2.24, 2.45) is 0 Å². The van der Waals surface area contributed by atoms with Crippen molar-refractivity contribution in [2.75, 3.05) is 31.6 Å². The lowest BCUT2D eigenvalue weighted by molar-refractivity contribution is -0.117. The van der Waals surface area contributed by atoms with Crippen molar-refractivity contribution in [2.45, 2.75) is 64.7 Å². The number of rotatable bonds is 10. The van der Waals surface area contributed by atoms with Crippen LogP contribution < -0.4 is 10.1 Å². The molecule has 0 aliphatic carbocycles. The number of carbonyl (C=O) groups is 1. The largest absolute Gasteiger partial charge is 0.494 e. The standard InChI is InChI=1S/C21H34N2O2/c1-2-3-4-7-10-16-25-20-13-11-12-19(17-20)22-21(24)18-23-14-8-5-6-9-15-23/h11-13,17H,2-10,14-16,18H2,1H3,(H,22,24). The van der Waals surface area contributed by atoms with E-state index in [-0.39, 0.29) is 5.91 Å². The monoisotopic (exact) mass is 346 g/mol. The summed E-state index contributed by atoms with van der Waals surface area (Å²) in [7, 11) is 0. The van der Waals surface area contributed by atoms with Crippen LogP contribution in [0.2, 0.25) is 0 Å². The van der Waals surface area contributed by atoms with Gasteiger partial charge in [0.05, 0.1) is 13.2 Å². The van der Waals surface area contributed by atoms with Crippen molar-refractivity contribution in [1.82, 2.24) is 4.90 Å². The predicted molar refractivity (Wildman–Crippen MR) is 104 cm³/mol. The molecule has 1 saturated heterocycles. The number of hydrogen-bond acceptors (Lipinski definition) is 3. The zero-order valence-corrected chi connectivity index (χ0v) is 15.8. The third-order valence-electron chi connectivity index (χ3n) is 4.70. The SMILES string of the molecule is CCCCCCCOc1cccc(NC(=O)CN2CCCCCC2)c1. The molecule has 0 saturated carbocycles. The first-order valence-corrected chi connectivity index (χ1v) is 10.0. The van der Waals surface area contributed by atoms with E-state index in [1.54, 1.807) is 0 Å². The lowest BCUT2D eigenvalue weighted by atomic mass is 10.2. The number of amides is 1. The Labute approximate surface area is 152 Å². The average Bonchev–Trinajstić information content (AvgIpc) is 2.87. The molecule has 0 aromatic heterocycles. The van der Waals surface area contributed by atoms with E-state index in [0.29, 0.717) is 6.54 Å². The highest BCUT2D eigenvalue weighted by Crippen LogP contribution is 2.18. The summed E-state index contributed by atoms with van der Waals surface area (Å²) in [4.78, 5) is 14.5. The molecule has 0 unspecified atom stereocenters. The van der Waals surface area contributed by atoms with Crippen LogP contribution in [0, 0.1) is 0 Å². The summed E-state index contributed by atoms with van der Waals surface area (Å²) in [6, 6.07) is 7.74. The van der Waals surface area contributed by atoms with E-state index in [9.17, 15) is 4.79 Å². The second-order valence-electron chi connectivity index (χ2n) is 7.03. The molecule has 1 aromatic carbocycles. The minimum Gasteiger partial charge on any atom is -0.494 e. The molecule has 4 heteroatoms. The molecule has 140 valence electrons. The van der Waals surface area contributed by atoms with Gasteiger partial charge in [0.25, 0.3) is 0 Å². The number of nitrogens with one attached hydrogen (secondary N) is 1. The third-order valence-corrected chi connectivity index (χ3v) is 4.70. The molecule has 1 aliphatic rings. The zero-order chi connectivity index (χ0) is 17.7. The highest BCUT2D eigenvalue weighted by Gasteiger charge is 2.13. The van der Waals surface area contributed by atoms with Crippen LogP contribution in [0.1, 0.15) is 64.7 Å². The Kier molecular flexibility index (Phi) is 9.42. The molecule has 1 aromatic rings. The molecule has 0 spiro atoms. The Balaban J connectivity index is 1.71. The van der Waals surface area contributed by atoms with Gasteiger partial charge in [-0.25, -0.2) is 0 Å². The quantitative estimate of drug-likeness (QED) is 0.616. The molecule has 1 N–H and O–H groups in total. The number of likely N-dealkylation sites (tertiary alicyclic amines) is 1. The molecular formula is C21H34N2O2. The maximum atomic E-state index is 12.3. The Morgan fingerprint density at radius 3 is 2.60 bits per heavy atom. The second kappa shape index (κ2) is 11.9. The van der Waals surface area contributed by atoms with Gasteiger partial charge in [-0.2, -0.15) is 0 Å². The normalized spacial score (nSPS) is 15.6. The summed E-state index contributed by atoms with van der Waals surface area (Å²) in [6.07, 6.45) is 11.1. The predicted octanol–water partition coefficient (Wildman–Crippen LogP) is 4.85. The highest BCUT2D eigenvalue weighted by atomic mass is 16.5. The van der Waals surface area contributed by atoms with Gasteiger partial charge in [0.1, 0.15) is 5.75 Å². The van der Waals surface area contributed by atoms with Crippen LogP contribution in [-0.4, -0.2) is 37.0 Å². The summed E-state index contributed by atoms with van der Waals surface area (Å²) in [5.74, 6) is 0.904. The summed E-state index contributed by atoms with van der Waals surface area (Å²) in [6.45, 7) is 5.53. The maximum Gasteiger partial charge on any atom is 0.238 e. The van der Waals surface area contributed by atoms with Crippen molar-refractivity contribution in [1.29, 1.82) is 0 Å². The van der Waals surface area contributed by atoms with E-state index in [1.807, 2.05) is 24.3 Å². The summed E-state index contributed by atoms with van der Waals surface area (Å²) < 4.78 is 5.81. The maximum absolute atomic E-state index is 12.3. The van der Waals surface area contributed by atoms with Crippen LogP contribution in [0.4, 0.5) is 5.69 Å². The van der Waals surface area contributed by atoms with Gasteiger partial charge in [-0.1, -0.05) is 51.5 Å². The summed E-state index contributed by atoms with van der Waals surface area (Å²) in [5, 5.41) is 3.01. The van der Waals surface area contributed by atoms with E-state index < -0.39 is 0 Å². The molecule has 0 atom stereocenters. The second-order valence-corrected chi connectivity index (χ2v) is 7.03. The first-order chi connectivity index (χ1) is 12.3. The minimum atomic E-state index is 0.0682. The van der Waals surface area contributed by atoms with Crippen LogP contribution in [-0.2, 0) is 4.79 Å². The third kappa shape index (κ3) is 8.39. The van der Waals surface area contributed by atoms with E-state index >= 15 is 0 Å². The van der Waals surface area contributed by atoms with Crippen LogP contribution in [0.5, 0.6) is 5.75 Å². The number of anilines is 1. The van der Waals surface area contributed by atoms with Crippen molar-refractivity contribution in [3.05, 3.63) is 24.3 Å². The van der Waals surface area contributed by atoms with E-state index in [1.165, 1.54) is 51.4 Å². The van der Waals surface area contributed by atoms with Gasteiger partial charge in [-0.3, -0.25) is 9.69 Å². The number of hydrogen-bond donors (Lipinski definition) is 1. The Hall–Kier alpha value is -1.55. The molecule has 1 fully saturated rings. The van der Waals surface area contributed by atoms with E-state index in [0.717, 1.165) is 37.6 Å². The Bertz CT molecular complexity index is 496. The summed E-state index contributed by atoms with van der Waals surface area (Å²) in [5.41, 5.74) is 0.823. The molecular weight excluding hydrogens is 312 g/mol. The van der Waals surface area contributed by atoms with E-state index in [2.05, 4.69) is 17.1 Å². The molecule has 0 radical (unpaired) electrons. The molecule has 0 bridgehead atoms. The molecule has 1 aliphatic heterocycles. The fourth-order valence-electron chi connectivity index (χ4n) is 3.26. The van der Waals surface area contributed by atoms with Crippen molar-refractivity contribution in [3.8, 4) is 5.75 Å². The topological polar surface area (TPSA) is 41.6 Å². The van der Waals surface area contributed by atoms with Gasteiger partial charge in [0.2, 0.25) is 5.91 Å². The van der Waals surface area contributed by atoms with Gasteiger partial charge in [-0.05, 0) is 44.5 Å². The number of benzene rings is 1. The van der Waals surface area contributed by atoms with Crippen LogP contribution in [0.3, 0.4) is 0 Å². The van der Waals surface area contributed by atoms with Crippen molar-refractivity contribution >= 4 is 11.6 Å². The summed E-state index contributed by atoms with van der Waals surface area (Å²) >= 11 is 0. The van der Waals surface area contributed by atoms with Crippen molar-refractivity contribution in [3.63, 3.8) is 0 Å². The van der Waals surface area contributed by atoms with Gasteiger partial charge in [-0.15, -0.1) is 0 Å². The molecule has 1 heterocycles. The lowest BCUT2D eigenvalue weighted by Crippen LogP contribution is -2.33. The highest BCUT2D eigenvalue weighted by molar-refractivity contribution is 5.92. The fraction of sp³-hybridized carbons (Fsp3) is 0.667. The average molecular weight is 347 g/mol. The molecule has 25 heavy (non-hydrogen) atoms. The van der Waals surface area contributed by atoms with Crippen LogP contribution in [0.15, 0.2) is 24.3 Å². The van der Waals surface area contributed by atoms with E-state index in [4.69, 9.17) is 4.74 Å². The first-order valence-electron chi connectivity index (χ1n) is 10.0. The smallest absolute Gasteiger partial charge is 0.238 e. The Morgan fingerprint density at radius 1 is 1.08 bits per heavy atom. The minimum absolute atomic E-state index is 0.0682. The molecule has 1 amide bonds. The van der Waals surface area contributed by atoms with Crippen molar-refractivity contribution < 1.29 is 9.53 Å². The number of nitrogens with zero attached hydrogens (tertiary/aromatic N) is 1. The number of ether oxygens (including phenoxy) is 1. The van der Waals surface area contributed by atoms with Crippen LogP contribution >= 0.6 is 0 Å². The van der Waals surface area contributed by atoms with Gasteiger partial charge in [0.15, 0.2) is 0 Å². The molecule has 2 rings (SSSR count). The van der Waals surface area contributed by atoms with Gasteiger partial charge < -0.3 is 10.1 Å². The Morgan fingerprint density at radius 2 is 1.84 bits per heavy atom. The zero-order valence-electron chi connectivity index (χ0n) is 15.8. The number of unbranched alkanes of at least 4 members (excludes halogenated alkanes) is 4. The fourth-order valence-corrected chi connectivity index (χ4v) is 3.26. The first kappa shape index (κ1) is 19.8.